The molecule has 0 aromatic heterocycles. The number of unbranched alkanes of at least 4 members (excludes halogenated alkanes) is 7. The van der Waals surface area contributed by atoms with E-state index in [1.54, 1.807) is 0 Å². The summed E-state index contributed by atoms with van der Waals surface area (Å²) >= 11 is 0. The summed E-state index contributed by atoms with van der Waals surface area (Å²) in [5.41, 5.74) is 1.16. The van der Waals surface area contributed by atoms with Crippen LogP contribution in [0.3, 0.4) is 0 Å². The molecule has 0 heterocycles. The minimum absolute atomic E-state index is 1.16. The van der Waals surface area contributed by atoms with Crippen LogP contribution in [0.25, 0.3) is 0 Å². The molecule has 0 nitrogen and oxygen atoms in total. The smallest absolute Gasteiger partial charge is 0.0348 e. The van der Waals surface area contributed by atoms with E-state index in [2.05, 4.69) is 25.7 Å². The molecule has 0 unspecified atom stereocenters. The Morgan fingerprint density at radius 3 is 2.14 bits per heavy atom. The van der Waals surface area contributed by atoms with Crippen LogP contribution in [0.15, 0.2) is 24.3 Å². The van der Waals surface area contributed by atoms with Crippen LogP contribution in [0.2, 0.25) is 0 Å². The summed E-state index contributed by atoms with van der Waals surface area (Å²) in [6.45, 7) is 8.15. The van der Waals surface area contributed by atoms with E-state index in [-0.39, 0.29) is 0 Å². The van der Waals surface area contributed by atoms with Crippen molar-refractivity contribution in [1.29, 1.82) is 0 Å². The summed E-state index contributed by atoms with van der Waals surface area (Å²) < 4.78 is 0. The monoisotopic (exact) mass is 194 g/mol. The molecule has 0 saturated carbocycles. The predicted molar refractivity (Wildman–Crippen MR) is 66.6 cm³/mol. The maximum atomic E-state index is 3.84. The lowest BCUT2D eigenvalue weighted by atomic mass is 10.1. The number of hydrogen-bond acceptors (Lipinski definition) is 0. The molecule has 0 radical (unpaired) electrons. The van der Waals surface area contributed by atoms with Gasteiger partial charge in [0.15, 0.2) is 0 Å². The molecule has 0 aliphatic rings. The van der Waals surface area contributed by atoms with E-state index in [0.29, 0.717) is 0 Å². The van der Waals surface area contributed by atoms with E-state index in [1.807, 2.05) is 6.92 Å². The van der Waals surface area contributed by atoms with Crippen LogP contribution in [0.5, 0.6) is 0 Å². The highest BCUT2D eigenvalue weighted by molar-refractivity contribution is 5.10. The minimum Gasteiger partial charge on any atom is -0.0961 e. The fourth-order valence-electron chi connectivity index (χ4n) is 1.50. The number of rotatable bonds is 9. The third-order valence-corrected chi connectivity index (χ3v) is 2.38. The second kappa shape index (κ2) is 10.6. The molecule has 14 heavy (non-hydrogen) atoms. The molecule has 0 spiro atoms. The molecule has 0 atom stereocenters. The van der Waals surface area contributed by atoms with Crippen LogP contribution < -0.4 is 0 Å². The van der Waals surface area contributed by atoms with Crippen molar-refractivity contribution in [3.05, 3.63) is 24.3 Å². The van der Waals surface area contributed by atoms with Gasteiger partial charge in [-0.15, -0.1) is 0 Å². The predicted octanol–water partition coefficient (Wildman–Crippen LogP) is 5.26. The van der Waals surface area contributed by atoms with E-state index in [9.17, 15) is 0 Å². The van der Waals surface area contributed by atoms with Gasteiger partial charge < -0.3 is 0 Å². The van der Waals surface area contributed by atoms with Crippen molar-refractivity contribution in [1.82, 2.24) is 0 Å². The molecular weight excluding hydrogens is 168 g/mol. The van der Waals surface area contributed by atoms with Crippen molar-refractivity contribution in [2.45, 2.75) is 65.2 Å². The van der Waals surface area contributed by atoms with Gasteiger partial charge in [0, 0.05) is 0 Å². The van der Waals surface area contributed by atoms with Gasteiger partial charge in [0.2, 0.25) is 0 Å². The molecular formula is C14H26. The van der Waals surface area contributed by atoms with Crippen LogP contribution in [0.4, 0.5) is 0 Å². The largest absolute Gasteiger partial charge is 0.0961 e. The van der Waals surface area contributed by atoms with Gasteiger partial charge in [0.1, 0.15) is 0 Å². The highest BCUT2D eigenvalue weighted by Gasteiger charge is 1.88. The van der Waals surface area contributed by atoms with Gasteiger partial charge in [-0.1, -0.05) is 69.8 Å². The van der Waals surface area contributed by atoms with Crippen molar-refractivity contribution in [3.8, 4) is 0 Å². The van der Waals surface area contributed by atoms with Gasteiger partial charge in [-0.3, -0.25) is 0 Å². The standard InChI is InChI=1S/C14H26/c1-4-5-6-7-8-9-10-11-12-13-14(2)3/h12-13H,2,4-11H2,1,3H3/b13-12+. The Labute approximate surface area is 90.1 Å². The van der Waals surface area contributed by atoms with Crippen LogP contribution in [0, 0.1) is 0 Å². The zero-order chi connectivity index (χ0) is 10.6. The molecule has 0 rings (SSSR count). The fraction of sp³-hybridized carbons (Fsp3) is 0.714. The van der Waals surface area contributed by atoms with Crippen molar-refractivity contribution in [2.75, 3.05) is 0 Å². The zero-order valence-corrected chi connectivity index (χ0v) is 10.0. The molecule has 0 amide bonds. The fourth-order valence-corrected chi connectivity index (χ4v) is 1.50. The summed E-state index contributed by atoms with van der Waals surface area (Å²) in [6.07, 6.45) is 15.4. The summed E-state index contributed by atoms with van der Waals surface area (Å²) in [7, 11) is 0. The zero-order valence-electron chi connectivity index (χ0n) is 10.0. The Balaban J connectivity index is 3.02. The van der Waals surface area contributed by atoms with Gasteiger partial charge in [-0.05, 0) is 19.8 Å². The third-order valence-electron chi connectivity index (χ3n) is 2.38. The molecule has 0 aromatic rings. The first-order valence-corrected chi connectivity index (χ1v) is 6.09. The Kier molecular flexibility index (Phi) is 10.2. The number of allylic oxidation sites excluding steroid dienone is 3. The first kappa shape index (κ1) is 13.5. The van der Waals surface area contributed by atoms with E-state index in [4.69, 9.17) is 0 Å². The van der Waals surface area contributed by atoms with Gasteiger partial charge in [-0.25, -0.2) is 0 Å². The summed E-state index contributed by atoms with van der Waals surface area (Å²) in [4.78, 5) is 0. The highest BCUT2D eigenvalue weighted by Crippen LogP contribution is 2.08. The van der Waals surface area contributed by atoms with Gasteiger partial charge in [0.05, 0.1) is 0 Å². The summed E-state index contributed by atoms with van der Waals surface area (Å²) in [5, 5.41) is 0. The Morgan fingerprint density at radius 1 is 1.00 bits per heavy atom. The number of hydrogen-bond donors (Lipinski definition) is 0. The van der Waals surface area contributed by atoms with Crippen molar-refractivity contribution in [3.63, 3.8) is 0 Å². The van der Waals surface area contributed by atoms with E-state index in [1.165, 1.54) is 51.4 Å². The molecule has 0 saturated heterocycles. The lowest BCUT2D eigenvalue weighted by Crippen LogP contribution is -1.78. The van der Waals surface area contributed by atoms with Gasteiger partial charge in [0.25, 0.3) is 0 Å². The van der Waals surface area contributed by atoms with Crippen LogP contribution in [-0.2, 0) is 0 Å². The average Bonchev–Trinajstić information content (AvgIpc) is 2.15. The molecule has 0 fully saturated rings. The molecule has 0 N–H and O–H groups in total. The molecule has 0 bridgehead atoms. The first-order valence-electron chi connectivity index (χ1n) is 6.09. The highest BCUT2D eigenvalue weighted by atomic mass is 13.9. The van der Waals surface area contributed by atoms with Crippen molar-refractivity contribution in [2.24, 2.45) is 0 Å². The van der Waals surface area contributed by atoms with Gasteiger partial charge in [-0.2, -0.15) is 0 Å². The summed E-state index contributed by atoms with van der Waals surface area (Å²) in [5.74, 6) is 0. The topological polar surface area (TPSA) is 0 Å². The Hall–Kier alpha value is -0.520. The quantitative estimate of drug-likeness (QED) is 0.347. The van der Waals surface area contributed by atoms with E-state index >= 15 is 0 Å². The summed E-state index contributed by atoms with van der Waals surface area (Å²) in [6, 6.07) is 0. The Morgan fingerprint density at radius 2 is 1.57 bits per heavy atom. The Bertz CT molecular complexity index is 153. The molecule has 0 aliphatic heterocycles. The molecule has 0 aromatic carbocycles. The van der Waals surface area contributed by atoms with Crippen molar-refractivity contribution < 1.29 is 0 Å². The second-order valence-electron chi connectivity index (χ2n) is 4.16. The molecule has 0 aliphatic carbocycles. The van der Waals surface area contributed by atoms with E-state index in [0.717, 1.165) is 5.57 Å². The lowest BCUT2D eigenvalue weighted by molar-refractivity contribution is 0.592. The van der Waals surface area contributed by atoms with Gasteiger partial charge >= 0.3 is 0 Å². The normalized spacial score (nSPS) is 11.0. The first-order chi connectivity index (χ1) is 6.77. The average molecular weight is 194 g/mol. The van der Waals surface area contributed by atoms with Crippen molar-refractivity contribution >= 4 is 0 Å². The van der Waals surface area contributed by atoms with Crippen LogP contribution >= 0.6 is 0 Å². The van der Waals surface area contributed by atoms with Crippen LogP contribution in [0.1, 0.15) is 65.2 Å². The van der Waals surface area contributed by atoms with Crippen LogP contribution in [-0.4, -0.2) is 0 Å². The molecule has 82 valence electrons. The molecule has 0 heteroatoms. The third kappa shape index (κ3) is 11.5. The maximum Gasteiger partial charge on any atom is -0.0348 e. The maximum absolute atomic E-state index is 3.84. The lowest BCUT2D eigenvalue weighted by Gasteiger charge is -1.98. The SMILES string of the molecule is C=C(C)/C=C/CCCCCCCCC. The second-order valence-corrected chi connectivity index (χ2v) is 4.16. The van der Waals surface area contributed by atoms with E-state index < -0.39 is 0 Å². The minimum atomic E-state index is 1.16.